The second kappa shape index (κ2) is 38.8. The highest BCUT2D eigenvalue weighted by molar-refractivity contribution is 7.01. The van der Waals surface area contributed by atoms with Gasteiger partial charge in [-0.25, -0.2) is 0 Å². The zero-order chi connectivity index (χ0) is 89.5. The van der Waals surface area contributed by atoms with E-state index >= 15 is 0 Å². The van der Waals surface area contributed by atoms with Crippen molar-refractivity contribution < 1.29 is 79.4 Å². The van der Waals surface area contributed by atoms with Gasteiger partial charge in [0.05, 0.1) is 74.1 Å². The molecule has 0 spiro atoms. The van der Waals surface area contributed by atoms with E-state index in [1.165, 1.54) is 41.5 Å². The molecular weight excluding hydrogens is 1660 g/mol. The second-order valence-corrected chi connectivity index (χ2v) is 59.1. The van der Waals surface area contributed by atoms with Crippen LogP contribution in [0.5, 0.6) is 0 Å². The Morgan fingerprint density at radius 3 is 0.858 bits per heavy atom. The van der Waals surface area contributed by atoms with E-state index in [-0.39, 0.29) is 76.8 Å². The summed E-state index contributed by atoms with van der Waals surface area (Å²) < 4.78 is 108. The van der Waals surface area contributed by atoms with Crippen molar-refractivity contribution in [3.05, 3.63) is 243 Å². The fourth-order valence-corrected chi connectivity index (χ4v) is 40.4. The Hall–Kier alpha value is -6.79. The standard InChI is InChI=1S/C55H74O9Si2.C50H64O8Si2.CH4/c1-52(2,3)51(56)57-35-34-38-32-33-44-46(59-38)50(64-66(54(7,8)9,42-28-20-14-21-29-42)43-30-22-15-23-31-43)49-48(60-44)47(45(61-49)36-39-37-58-55(10,11)62-39)63-65(53(4,5)6,40-24-16-12-17-25-40)41-26-18-13-19-27-41;1-48(2,3)59(37-21-13-9-14-22-37,38-23-15-10-16-24-38)57-44-42(33-36-34-52-50(7,8)56-36)55-46-45(44)54-41-30-29-35(31-32-51)53-43(41)47(46)58-60(49(4,5)6,39-25-17-11-18-26-39)40-27-19-12-20-28-40;/h12-31,38-39,44-50H,32-37H2,1-11H3;9-28,32,35-36,41-47H,29-31,33-34H2,1-8H3;1H4/t38-,39?,44+,45-,46+,47+,48+,49?,50+;35-,36?,41+,42-,43+,44+,45+,46?,47+;/m11./s1. The molecule has 0 saturated carbocycles. The van der Waals surface area contributed by atoms with Gasteiger partial charge in [-0.3, -0.25) is 4.79 Å². The first-order valence-electron chi connectivity index (χ1n) is 46.2. The first kappa shape index (κ1) is 96.3. The van der Waals surface area contributed by atoms with E-state index in [4.69, 9.17) is 69.8 Å². The molecule has 8 heterocycles. The minimum absolute atomic E-state index is 0. The molecule has 21 heteroatoms. The topological polar surface area (TPSA) is 173 Å². The lowest BCUT2D eigenvalue weighted by Crippen LogP contribution is -2.73. The number of ether oxygens (including phenoxy) is 11. The van der Waals surface area contributed by atoms with Crippen LogP contribution in [0.25, 0.3) is 0 Å². The molecule has 4 unspecified atom stereocenters. The second-order valence-electron chi connectivity index (χ2n) is 42.1. The maximum Gasteiger partial charge on any atom is 0.311 e. The number of benzene rings is 8. The Kier molecular flexibility index (Phi) is 29.4. The Morgan fingerprint density at radius 1 is 0.346 bits per heavy atom. The maximum atomic E-state index is 12.9. The van der Waals surface area contributed by atoms with Crippen molar-refractivity contribution in [1.82, 2.24) is 0 Å². The summed E-state index contributed by atoms with van der Waals surface area (Å²) in [4.78, 5) is 24.8. The van der Waals surface area contributed by atoms with E-state index in [9.17, 15) is 9.59 Å². The maximum absolute atomic E-state index is 12.9. The number of hydrogen-bond acceptors (Lipinski definition) is 17. The van der Waals surface area contributed by atoms with Gasteiger partial charge in [0.25, 0.3) is 33.3 Å². The summed E-state index contributed by atoms with van der Waals surface area (Å²) in [5.74, 6) is -1.63. The first-order chi connectivity index (χ1) is 59.9. The lowest BCUT2D eigenvalue weighted by Gasteiger charge is -2.53. The Balaban J connectivity index is 0.000000205. The highest BCUT2D eigenvalue weighted by atomic mass is 28.4. The number of hydrogen-bond donors (Lipinski definition) is 0. The third-order valence-electron chi connectivity index (χ3n) is 27.3. The zero-order valence-corrected chi connectivity index (χ0v) is 81.8. The van der Waals surface area contributed by atoms with Gasteiger partial charge >= 0.3 is 5.97 Å². The zero-order valence-electron chi connectivity index (χ0n) is 77.8. The number of carbonyl (C=O) groups excluding carboxylic acids is 2. The lowest BCUT2D eigenvalue weighted by molar-refractivity contribution is -0.256. The van der Waals surface area contributed by atoms with Crippen LogP contribution >= 0.6 is 0 Å². The van der Waals surface area contributed by atoms with E-state index in [0.717, 1.165) is 32.0 Å². The van der Waals surface area contributed by atoms with Crippen LogP contribution in [0.15, 0.2) is 243 Å². The summed E-state index contributed by atoms with van der Waals surface area (Å²) in [5, 5.41) is 8.27. The van der Waals surface area contributed by atoms with Gasteiger partial charge in [0.15, 0.2) is 11.6 Å². The monoisotopic (exact) mass is 1800 g/mol. The third-order valence-corrected chi connectivity index (χ3v) is 47.4. The van der Waals surface area contributed by atoms with Gasteiger partial charge in [-0.1, -0.05) is 333 Å². The van der Waals surface area contributed by atoms with Gasteiger partial charge < -0.3 is 74.6 Å². The highest BCUT2D eigenvalue weighted by Crippen LogP contribution is 2.53. The van der Waals surface area contributed by atoms with E-state index in [1.54, 1.807) is 0 Å². The Bertz CT molecular complexity index is 4670. The van der Waals surface area contributed by atoms with Crippen molar-refractivity contribution >= 4 is 87.0 Å². The van der Waals surface area contributed by atoms with E-state index in [1.807, 2.05) is 48.5 Å². The molecule has 0 aliphatic carbocycles. The fraction of sp³-hybridized carbons (Fsp3) is 0.528. The summed E-state index contributed by atoms with van der Waals surface area (Å²) >= 11 is 0. The summed E-state index contributed by atoms with van der Waals surface area (Å²) in [6, 6.07) is 86.3. The largest absolute Gasteiger partial charge is 0.465 e. The molecule has 17 nitrogen and oxygen atoms in total. The molecule has 8 aliphatic heterocycles. The summed E-state index contributed by atoms with van der Waals surface area (Å²) in [6.45, 7) is 42.4. The molecule has 18 atom stereocenters. The fourth-order valence-electron chi connectivity index (χ4n) is 21.6. The molecule has 16 rings (SSSR count). The molecule has 0 bridgehead atoms. The van der Waals surface area contributed by atoms with Gasteiger partial charge in [0.1, 0.15) is 67.3 Å². The van der Waals surface area contributed by atoms with Crippen LogP contribution in [0.2, 0.25) is 20.2 Å². The van der Waals surface area contributed by atoms with Gasteiger partial charge in [-0.05, 0) is 136 Å². The molecule has 8 saturated heterocycles. The number of esters is 1. The van der Waals surface area contributed by atoms with Gasteiger partial charge in [0, 0.05) is 25.7 Å². The van der Waals surface area contributed by atoms with Crippen LogP contribution in [-0.2, 0) is 79.4 Å². The van der Waals surface area contributed by atoms with Crippen LogP contribution in [0.3, 0.4) is 0 Å². The van der Waals surface area contributed by atoms with Crippen molar-refractivity contribution in [3.63, 3.8) is 0 Å². The SMILES string of the molecule is C.CC1(C)OCC(C[C@H]2OC3[C@@H](O[C@H]4CC[C@H](CC=O)O[C@@H]4[C@@H]3O[Si](c3ccccc3)(c3ccccc3)C(C)(C)C)[C@H]2O[Si](c2ccccc2)(c2ccccc2)C(C)(C)C)O1.CC1(C)OCC(C[C@H]2OC3[C@@H](O[C@H]4CC[C@H](CCOC(=O)C(C)(C)C)O[C@@H]4[C@@H]3O[Si](c3ccccc3)(c3ccccc3)C(C)(C)C)[C@H]2O[Si](c2ccccc2)(c2ccccc2)C(C)(C)C)O1. The van der Waals surface area contributed by atoms with Crippen molar-refractivity contribution in [3.8, 4) is 0 Å². The number of rotatable bonds is 25. The average Bonchev–Trinajstić information content (AvgIpc) is 1.69. The summed E-state index contributed by atoms with van der Waals surface area (Å²) in [5.41, 5.74) is -0.589. The number of fused-ring (bicyclic) bond motifs is 4. The van der Waals surface area contributed by atoms with Crippen LogP contribution in [0, 0.1) is 5.41 Å². The third kappa shape index (κ3) is 19.7. The molecular formula is C106H142O17Si4. The van der Waals surface area contributed by atoms with Crippen LogP contribution in [-0.4, -0.2) is 187 Å². The van der Waals surface area contributed by atoms with Gasteiger partial charge in [-0.2, -0.15) is 0 Å². The van der Waals surface area contributed by atoms with Crippen LogP contribution in [0.1, 0.15) is 190 Å². The quantitative estimate of drug-likeness (QED) is 0.0300. The van der Waals surface area contributed by atoms with E-state index in [0.29, 0.717) is 38.9 Å². The van der Waals surface area contributed by atoms with Crippen LogP contribution < -0.4 is 41.5 Å². The molecule has 0 amide bonds. The molecule has 0 aromatic heterocycles. The van der Waals surface area contributed by atoms with Crippen molar-refractivity contribution in [1.29, 1.82) is 0 Å². The molecule has 0 N–H and O–H groups in total. The predicted molar refractivity (Wildman–Crippen MR) is 512 cm³/mol. The minimum atomic E-state index is -3.20. The van der Waals surface area contributed by atoms with E-state index in [2.05, 4.69) is 326 Å². The lowest BCUT2D eigenvalue weighted by atomic mass is 9.88. The molecule has 0 radical (unpaired) electrons. The normalized spacial score (nSPS) is 28.5. The highest BCUT2D eigenvalue weighted by Gasteiger charge is 2.68. The predicted octanol–water partition coefficient (Wildman–Crippen LogP) is 16.2. The molecule has 8 aliphatic rings. The van der Waals surface area contributed by atoms with E-state index < -0.39 is 124 Å². The summed E-state index contributed by atoms with van der Waals surface area (Å²) in [7, 11) is -12.6. The molecule has 8 aromatic carbocycles. The van der Waals surface area contributed by atoms with Gasteiger partial charge in [-0.15, -0.1) is 0 Å². The molecule has 684 valence electrons. The molecule has 127 heavy (non-hydrogen) atoms. The average molecular weight is 1800 g/mol. The first-order valence-corrected chi connectivity index (χ1v) is 53.9. The van der Waals surface area contributed by atoms with Crippen molar-refractivity contribution in [2.75, 3.05) is 19.8 Å². The van der Waals surface area contributed by atoms with Crippen molar-refractivity contribution in [2.24, 2.45) is 5.41 Å². The smallest absolute Gasteiger partial charge is 0.311 e. The van der Waals surface area contributed by atoms with Gasteiger partial charge in [0.2, 0.25) is 0 Å². The molecule has 8 aromatic rings. The van der Waals surface area contributed by atoms with Crippen LogP contribution in [0.4, 0.5) is 0 Å². The minimum Gasteiger partial charge on any atom is -0.465 e. The number of aldehydes is 1. The molecule has 8 fully saturated rings. The number of carbonyl (C=O) groups is 2. The Morgan fingerprint density at radius 2 is 0.606 bits per heavy atom. The summed E-state index contributed by atoms with van der Waals surface area (Å²) in [6.07, 6.45) is -1.45. The van der Waals surface area contributed by atoms with Crippen molar-refractivity contribution in [2.45, 2.75) is 332 Å². The Labute approximate surface area is 761 Å².